The summed E-state index contributed by atoms with van der Waals surface area (Å²) in [5.41, 5.74) is 5.47. The van der Waals surface area contributed by atoms with Gasteiger partial charge in [-0.05, 0) is 53.5 Å². The molecule has 21 heavy (non-hydrogen) atoms. The van der Waals surface area contributed by atoms with Crippen LogP contribution in [0.3, 0.4) is 0 Å². The molecule has 1 aromatic heterocycles. The third-order valence-electron chi connectivity index (χ3n) is 3.45. The summed E-state index contributed by atoms with van der Waals surface area (Å²) in [5.74, 6) is 0. The Kier molecular flexibility index (Phi) is 3.93. The van der Waals surface area contributed by atoms with Gasteiger partial charge in [0.15, 0.2) is 0 Å². The zero-order chi connectivity index (χ0) is 14.8. The lowest BCUT2D eigenvalue weighted by molar-refractivity contribution is 1.21. The Balaban J connectivity index is 2.29. The summed E-state index contributed by atoms with van der Waals surface area (Å²) in [6, 6.07) is 16.7. The van der Waals surface area contributed by atoms with Gasteiger partial charge < -0.3 is 5.32 Å². The van der Waals surface area contributed by atoms with Crippen LogP contribution in [0.5, 0.6) is 0 Å². The quantitative estimate of drug-likeness (QED) is 0.689. The van der Waals surface area contributed by atoms with Gasteiger partial charge in [0.1, 0.15) is 0 Å². The molecule has 3 aromatic rings. The molecular formula is C18H17BrN2. The summed E-state index contributed by atoms with van der Waals surface area (Å²) in [5, 5.41) is 4.61. The normalized spacial score (nSPS) is 10.8. The van der Waals surface area contributed by atoms with Crippen molar-refractivity contribution in [2.75, 3.05) is 11.9 Å². The van der Waals surface area contributed by atoms with Crippen LogP contribution in [0.4, 0.5) is 5.69 Å². The molecule has 0 saturated carbocycles. The maximum atomic E-state index is 4.84. The van der Waals surface area contributed by atoms with E-state index in [1.807, 2.05) is 18.2 Å². The average Bonchev–Trinajstić information content (AvgIpc) is 2.49. The molecule has 0 unspecified atom stereocenters. The molecule has 0 saturated heterocycles. The summed E-state index contributed by atoms with van der Waals surface area (Å²) >= 11 is 3.65. The van der Waals surface area contributed by atoms with Crippen LogP contribution in [-0.2, 0) is 0 Å². The van der Waals surface area contributed by atoms with E-state index in [-0.39, 0.29) is 0 Å². The summed E-state index contributed by atoms with van der Waals surface area (Å²) in [6.45, 7) is 5.10. The van der Waals surface area contributed by atoms with E-state index in [0.29, 0.717) is 0 Å². The molecule has 0 aliphatic heterocycles. The Labute approximate surface area is 133 Å². The Morgan fingerprint density at radius 2 is 1.86 bits per heavy atom. The molecule has 3 rings (SSSR count). The van der Waals surface area contributed by atoms with Gasteiger partial charge in [0.2, 0.25) is 0 Å². The van der Waals surface area contributed by atoms with Crippen molar-refractivity contribution in [3.63, 3.8) is 0 Å². The van der Waals surface area contributed by atoms with Gasteiger partial charge in [-0.2, -0.15) is 0 Å². The molecule has 3 heteroatoms. The van der Waals surface area contributed by atoms with Crippen LogP contribution >= 0.6 is 15.9 Å². The van der Waals surface area contributed by atoms with E-state index in [0.717, 1.165) is 38.9 Å². The number of fused-ring (bicyclic) bond motifs is 1. The van der Waals surface area contributed by atoms with Gasteiger partial charge >= 0.3 is 0 Å². The number of hydrogen-bond acceptors (Lipinski definition) is 2. The summed E-state index contributed by atoms with van der Waals surface area (Å²) < 4.78 is 1.04. The summed E-state index contributed by atoms with van der Waals surface area (Å²) in [6.07, 6.45) is 0. The highest BCUT2D eigenvalue weighted by Gasteiger charge is 2.10. The van der Waals surface area contributed by atoms with E-state index < -0.39 is 0 Å². The number of nitrogens with one attached hydrogen (secondary N) is 1. The molecule has 0 aliphatic carbocycles. The number of nitrogens with zero attached hydrogens (tertiary/aromatic N) is 1. The fourth-order valence-corrected chi connectivity index (χ4v) is 3.18. The van der Waals surface area contributed by atoms with Crippen molar-refractivity contribution in [2.24, 2.45) is 0 Å². The molecular weight excluding hydrogens is 324 g/mol. The van der Waals surface area contributed by atoms with E-state index in [1.165, 1.54) is 5.56 Å². The van der Waals surface area contributed by atoms with Gasteiger partial charge in [0, 0.05) is 27.7 Å². The van der Waals surface area contributed by atoms with Crippen molar-refractivity contribution in [1.29, 1.82) is 0 Å². The van der Waals surface area contributed by atoms with Crippen molar-refractivity contribution in [2.45, 2.75) is 13.8 Å². The minimum absolute atomic E-state index is 0.888. The minimum atomic E-state index is 0.888. The van der Waals surface area contributed by atoms with Crippen LogP contribution in [0.25, 0.3) is 22.2 Å². The molecule has 0 aliphatic rings. The van der Waals surface area contributed by atoms with Crippen LogP contribution in [0.2, 0.25) is 0 Å². The monoisotopic (exact) mass is 340 g/mol. The van der Waals surface area contributed by atoms with Gasteiger partial charge in [0.05, 0.1) is 11.2 Å². The molecule has 2 nitrogen and oxygen atoms in total. The number of anilines is 1. The molecule has 0 spiro atoms. The second-order valence-corrected chi connectivity index (χ2v) is 5.95. The largest absolute Gasteiger partial charge is 0.385 e. The van der Waals surface area contributed by atoms with Crippen molar-refractivity contribution in [3.05, 3.63) is 58.6 Å². The second-order valence-electron chi connectivity index (χ2n) is 5.09. The van der Waals surface area contributed by atoms with Gasteiger partial charge in [-0.3, -0.25) is 0 Å². The van der Waals surface area contributed by atoms with Crippen molar-refractivity contribution in [3.8, 4) is 11.3 Å². The molecule has 1 N–H and O–H groups in total. The van der Waals surface area contributed by atoms with Crippen molar-refractivity contribution in [1.82, 2.24) is 4.98 Å². The van der Waals surface area contributed by atoms with E-state index in [2.05, 4.69) is 65.4 Å². The van der Waals surface area contributed by atoms with E-state index in [9.17, 15) is 0 Å². The van der Waals surface area contributed by atoms with Crippen molar-refractivity contribution >= 4 is 32.5 Å². The molecule has 0 fully saturated rings. The van der Waals surface area contributed by atoms with E-state index in [1.54, 1.807) is 0 Å². The van der Waals surface area contributed by atoms with Gasteiger partial charge in [-0.15, -0.1) is 0 Å². The lowest BCUT2D eigenvalue weighted by Crippen LogP contribution is -2.00. The van der Waals surface area contributed by atoms with Crippen LogP contribution in [-0.4, -0.2) is 11.5 Å². The lowest BCUT2D eigenvalue weighted by atomic mass is 10.1. The number of benzene rings is 2. The van der Waals surface area contributed by atoms with E-state index >= 15 is 0 Å². The molecule has 0 amide bonds. The van der Waals surface area contributed by atoms with Crippen LogP contribution in [0.1, 0.15) is 12.5 Å². The summed E-state index contributed by atoms with van der Waals surface area (Å²) in [4.78, 5) is 4.84. The average molecular weight is 341 g/mol. The SMILES string of the molecule is CCNc1cc(-c2ccccc2)nc2c(Br)cc(C)cc12. The van der Waals surface area contributed by atoms with Crippen LogP contribution < -0.4 is 5.32 Å². The number of pyridine rings is 1. The highest BCUT2D eigenvalue weighted by atomic mass is 79.9. The van der Waals surface area contributed by atoms with Gasteiger partial charge in [0.25, 0.3) is 0 Å². The Bertz CT molecular complexity index is 782. The standard InChI is InChI=1S/C18H17BrN2/c1-3-20-17-11-16(13-7-5-4-6-8-13)21-18-14(17)9-12(2)10-15(18)19/h4-11H,3H2,1-2H3,(H,20,21). The maximum Gasteiger partial charge on any atom is 0.0872 e. The predicted octanol–water partition coefficient (Wildman–Crippen LogP) is 5.40. The molecule has 106 valence electrons. The maximum absolute atomic E-state index is 4.84. The highest BCUT2D eigenvalue weighted by molar-refractivity contribution is 9.10. The van der Waals surface area contributed by atoms with Crippen molar-refractivity contribution < 1.29 is 0 Å². The number of aromatic nitrogens is 1. The number of hydrogen-bond donors (Lipinski definition) is 1. The van der Waals surface area contributed by atoms with E-state index in [4.69, 9.17) is 4.98 Å². The van der Waals surface area contributed by atoms with Gasteiger partial charge in [-0.25, -0.2) is 4.98 Å². The zero-order valence-electron chi connectivity index (χ0n) is 12.2. The van der Waals surface area contributed by atoms with Crippen LogP contribution in [0.15, 0.2) is 53.0 Å². The topological polar surface area (TPSA) is 24.9 Å². The van der Waals surface area contributed by atoms with Crippen LogP contribution in [0, 0.1) is 6.92 Å². The fourth-order valence-electron chi connectivity index (χ4n) is 2.51. The molecule has 1 heterocycles. The fraction of sp³-hybridized carbons (Fsp3) is 0.167. The number of halogens is 1. The van der Waals surface area contributed by atoms with Gasteiger partial charge in [-0.1, -0.05) is 30.3 Å². The molecule has 2 aromatic carbocycles. The Morgan fingerprint density at radius 1 is 1.10 bits per heavy atom. The molecule has 0 radical (unpaired) electrons. The predicted molar refractivity (Wildman–Crippen MR) is 93.8 cm³/mol. The second kappa shape index (κ2) is 5.86. The lowest BCUT2D eigenvalue weighted by Gasteiger charge is -2.13. The first kappa shape index (κ1) is 14.1. The minimum Gasteiger partial charge on any atom is -0.385 e. The Morgan fingerprint density at radius 3 is 2.57 bits per heavy atom. The third-order valence-corrected chi connectivity index (χ3v) is 4.05. The Hall–Kier alpha value is -1.87. The number of aryl methyl sites for hydroxylation is 1. The highest BCUT2D eigenvalue weighted by Crippen LogP contribution is 2.33. The zero-order valence-corrected chi connectivity index (χ0v) is 13.7. The summed E-state index contributed by atoms with van der Waals surface area (Å²) in [7, 11) is 0. The molecule has 0 atom stereocenters. The third kappa shape index (κ3) is 2.79. The first-order valence-electron chi connectivity index (χ1n) is 7.09. The number of rotatable bonds is 3. The first-order valence-corrected chi connectivity index (χ1v) is 7.88. The molecule has 0 bridgehead atoms. The smallest absolute Gasteiger partial charge is 0.0872 e. The first-order chi connectivity index (χ1) is 10.2.